The summed E-state index contributed by atoms with van der Waals surface area (Å²) < 4.78 is 7.00. The molecule has 0 N–H and O–H groups in total. The number of fused-ring (bicyclic) bond motifs is 1. The average molecular weight is 378 g/mol. The van der Waals surface area contributed by atoms with Gasteiger partial charge < -0.3 is 4.74 Å². The van der Waals surface area contributed by atoms with Gasteiger partial charge in [0, 0.05) is 15.3 Å². The standard InChI is InChI=1S/C17H15NO3S3/c1-10-7-12(11(2)23-10)14(19)8-21-16(20)9-22-17-18-13-5-3-4-6-15(13)24-17/h3-7H,8-9H2,1-2H3. The van der Waals surface area contributed by atoms with E-state index in [-0.39, 0.29) is 18.1 Å². The van der Waals surface area contributed by atoms with Crippen molar-refractivity contribution in [3.8, 4) is 0 Å². The van der Waals surface area contributed by atoms with Crippen LogP contribution in [0.1, 0.15) is 20.1 Å². The average Bonchev–Trinajstić information content (AvgIpc) is 3.12. The number of ketones is 1. The number of hydrogen-bond donors (Lipinski definition) is 0. The van der Waals surface area contributed by atoms with Crippen LogP contribution in [0.3, 0.4) is 0 Å². The minimum Gasteiger partial charge on any atom is -0.457 e. The molecule has 0 aliphatic heterocycles. The topological polar surface area (TPSA) is 56.3 Å². The van der Waals surface area contributed by atoms with Gasteiger partial charge >= 0.3 is 5.97 Å². The van der Waals surface area contributed by atoms with E-state index >= 15 is 0 Å². The molecule has 0 unspecified atom stereocenters. The summed E-state index contributed by atoms with van der Waals surface area (Å²) in [5, 5.41) is 0. The van der Waals surface area contributed by atoms with Crippen LogP contribution < -0.4 is 0 Å². The van der Waals surface area contributed by atoms with Gasteiger partial charge in [-0.05, 0) is 32.0 Å². The summed E-state index contributed by atoms with van der Waals surface area (Å²) in [7, 11) is 0. The number of rotatable bonds is 6. The van der Waals surface area contributed by atoms with Crippen molar-refractivity contribution in [2.45, 2.75) is 18.2 Å². The SMILES string of the molecule is Cc1cc(C(=O)COC(=O)CSc2nc3ccccc3s2)c(C)s1. The molecule has 24 heavy (non-hydrogen) atoms. The highest BCUT2D eigenvalue weighted by atomic mass is 32.2. The second-order valence-electron chi connectivity index (χ2n) is 5.15. The van der Waals surface area contributed by atoms with Crippen molar-refractivity contribution in [2.75, 3.05) is 12.4 Å². The number of aromatic nitrogens is 1. The molecule has 0 radical (unpaired) electrons. The fourth-order valence-electron chi connectivity index (χ4n) is 2.21. The zero-order chi connectivity index (χ0) is 17.1. The predicted molar refractivity (Wildman–Crippen MR) is 99.4 cm³/mol. The first-order valence-corrected chi connectivity index (χ1v) is 9.89. The van der Waals surface area contributed by atoms with E-state index in [1.54, 1.807) is 22.7 Å². The number of para-hydroxylation sites is 1. The van der Waals surface area contributed by atoms with Gasteiger partial charge in [0.05, 0.1) is 16.0 Å². The number of benzene rings is 1. The van der Waals surface area contributed by atoms with Crippen LogP contribution in [0.5, 0.6) is 0 Å². The Morgan fingerprint density at radius 2 is 2.00 bits per heavy atom. The Morgan fingerprint density at radius 1 is 1.21 bits per heavy atom. The zero-order valence-corrected chi connectivity index (χ0v) is 15.6. The van der Waals surface area contributed by atoms with E-state index in [0.717, 1.165) is 24.3 Å². The molecule has 2 heterocycles. The van der Waals surface area contributed by atoms with Crippen molar-refractivity contribution < 1.29 is 14.3 Å². The third-order valence-corrected chi connectivity index (χ3v) is 6.41. The maximum Gasteiger partial charge on any atom is 0.316 e. The number of esters is 1. The third kappa shape index (κ3) is 4.03. The molecule has 0 fully saturated rings. The van der Waals surface area contributed by atoms with Crippen LogP contribution in [-0.2, 0) is 9.53 Å². The molecule has 3 rings (SSSR count). The first kappa shape index (κ1) is 17.1. The summed E-state index contributed by atoms with van der Waals surface area (Å²) >= 11 is 4.45. The number of hydrogen-bond acceptors (Lipinski definition) is 7. The number of thioether (sulfide) groups is 1. The molecule has 7 heteroatoms. The molecule has 2 aromatic heterocycles. The zero-order valence-electron chi connectivity index (χ0n) is 13.2. The third-order valence-electron chi connectivity index (χ3n) is 3.29. The number of carbonyl (C=O) groups excluding carboxylic acids is 2. The Bertz CT molecular complexity index is 865. The number of thiazole rings is 1. The summed E-state index contributed by atoms with van der Waals surface area (Å²) in [6.07, 6.45) is 0. The maximum atomic E-state index is 12.1. The molecule has 124 valence electrons. The van der Waals surface area contributed by atoms with Gasteiger partial charge in [-0.1, -0.05) is 23.9 Å². The van der Waals surface area contributed by atoms with E-state index < -0.39 is 5.97 Å². The van der Waals surface area contributed by atoms with E-state index in [4.69, 9.17) is 4.74 Å². The van der Waals surface area contributed by atoms with Crippen molar-refractivity contribution in [3.05, 3.63) is 45.6 Å². The molecule has 0 bridgehead atoms. The van der Waals surface area contributed by atoms with E-state index in [1.165, 1.54) is 11.8 Å². The lowest BCUT2D eigenvalue weighted by atomic mass is 10.2. The lowest BCUT2D eigenvalue weighted by molar-refractivity contribution is -0.139. The number of nitrogens with zero attached hydrogens (tertiary/aromatic N) is 1. The van der Waals surface area contributed by atoms with Crippen LogP contribution in [0.25, 0.3) is 10.2 Å². The van der Waals surface area contributed by atoms with Crippen LogP contribution in [0.2, 0.25) is 0 Å². The molecule has 3 aromatic rings. The molecule has 0 aliphatic rings. The number of carbonyl (C=O) groups is 2. The quantitative estimate of drug-likeness (QED) is 0.360. The Labute approximate surface area is 151 Å². The molecule has 1 aromatic carbocycles. The van der Waals surface area contributed by atoms with E-state index in [0.29, 0.717) is 5.56 Å². The molecule has 0 spiro atoms. The molecule has 0 atom stereocenters. The number of Topliss-reactive ketones (excluding diaryl/α,β-unsaturated/α-hetero) is 1. The van der Waals surface area contributed by atoms with E-state index in [1.807, 2.05) is 44.2 Å². The van der Waals surface area contributed by atoms with Gasteiger partial charge in [0.2, 0.25) is 5.78 Å². The maximum absolute atomic E-state index is 12.1. The van der Waals surface area contributed by atoms with Gasteiger partial charge in [-0.15, -0.1) is 22.7 Å². The van der Waals surface area contributed by atoms with E-state index in [9.17, 15) is 9.59 Å². The first-order chi connectivity index (χ1) is 11.5. The van der Waals surface area contributed by atoms with Crippen molar-refractivity contribution >= 4 is 56.4 Å². The Morgan fingerprint density at radius 3 is 2.71 bits per heavy atom. The van der Waals surface area contributed by atoms with Gasteiger partial charge in [0.1, 0.15) is 0 Å². The minimum absolute atomic E-state index is 0.148. The number of ether oxygens (including phenoxy) is 1. The van der Waals surface area contributed by atoms with Gasteiger partial charge in [0.25, 0.3) is 0 Å². The molecule has 0 aliphatic carbocycles. The smallest absolute Gasteiger partial charge is 0.316 e. The first-order valence-electron chi connectivity index (χ1n) is 7.27. The second-order valence-corrected chi connectivity index (χ2v) is 8.86. The summed E-state index contributed by atoms with van der Waals surface area (Å²) in [6, 6.07) is 9.68. The van der Waals surface area contributed by atoms with Gasteiger partial charge in [0.15, 0.2) is 10.9 Å². The molecule has 0 saturated heterocycles. The van der Waals surface area contributed by atoms with Gasteiger partial charge in [-0.3, -0.25) is 9.59 Å². The molecule has 0 amide bonds. The minimum atomic E-state index is -0.405. The van der Waals surface area contributed by atoms with E-state index in [2.05, 4.69) is 4.98 Å². The van der Waals surface area contributed by atoms with Crippen molar-refractivity contribution in [1.82, 2.24) is 4.98 Å². The summed E-state index contributed by atoms with van der Waals surface area (Å²) in [4.78, 5) is 30.4. The lowest BCUT2D eigenvalue weighted by Gasteiger charge is -2.03. The van der Waals surface area contributed by atoms with Crippen molar-refractivity contribution in [2.24, 2.45) is 0 Å². The normalized spacial score (nSPS) is 10.9. The Hall–Kier alpha value is -1.70. The Kier molecular flexibility index (Phi) is 5.33. The largest absolute Gasteiger partial charge is 0.457 e. The predicted octanol–water partition coefficient (Wildman–Crippen LogP) is 4.49. The van der Waals surface area contributed by atoms with Gasteiger partial charge in [-0.25, -0.2) is 4.98 Å². The molecule has 0 saturated carbocycles. The fraction of sp³-hybridized carbons (Fsp3) is 0.235. The van der Waals surface area contributed by atoms with Crippen LogP contribution in [-0.4, -0.2) is 29.1 Å². The van der Waals surface area contributed by atoms with Gasteiger partial charge in [-0.2, -0.15) is 0 Å². The van der Waals surface area contributed by atoms with Crippen LogP contribution in [0.4, 0.5) is 0 Å². The monoisotopic (exact) mass is 377 g/mol. The molecule has 4 nitrogen and oxygen atoms in total. The number of aryl methyl sites for hydroxylation is 2. The lowest BCUT2D eigenvalue weighted by Crippen LogP contribution is -2.15. The fourth-order valence-corrected chi connectivity index (χ4v) is 5.02. The van der Waals surface area contributed by atoms with Crippen molar-refractivity contribution in [1.29, 1.82) is 0 Å². The number of thiophene rings is 1. The molecular formula is C17H15NO3S3. The molecular weight excluding hydrogens is 362 g/mol. The summed E-state index contributed by atoms with van der Waals surface area (Å²) in [5.74, 6) is -0.415. The summed E-state index contributed by atoms with van der Waals surface area (Å²) in [5.41, 5.74) is 1.57. The van der Waals surface area contributed by atoms with Crippen LogP contribution in [0.15, 0.2) is 34.7 Å². The highest BCUT2D eigenvalue weighted by Crippen LogP contribution is 2.29. The second kappa shape index (κ2) is 7.46. The van der Waals surface area contributed by atoms with Crippen LogP contribution in [0, 0.1) is 13.8 Å². The van der Waals surface area contributed by atoms with Crippen molar-refractivity contribution in [3.63, 3.8) is 0 Å². The highest BCUT2D eigenvalue weighted by Gasteiger charge is 2.15. The van der Waals surface area contributed by atoms with Crippen LogP contribution >= 0.6 is 34.4 Å². The summed E-state index contributed by atoms with van der Waals surface area (Å²) in [6.45, 7) is 3.64. The highest BCUT2D eigenvalue weighted by molar-refractivity contribution is 8.01. The Balaban J connectivity index is 1.50.